The summed E-state index contributed by atoms with van der Waals surface area (Å²) in [5.74, 6) is -6.70. The van der Waals surface area contributed by atoms with Gasteiger partial charge in [0.25, 0.3) is 5.91 Å². The summed E-state index contributed by atoms with van der Waals surface area (Å²) in [7, 11) is 0. The summed E-state index contributed by atoms with van der Waals surface area (Å²) in [6, 6.07) is 9.51. The Morgan fingerprint density at radius 2 is 1.68 bits per heavy atom. The fourth-order valence-electron chi connectivity index (χ4n) is 5.06. The molecule has 2 aromatic rings. The number of amides is 2. The number of aliphatic hydroxyl groups excluding tert-OH is 1. The van der Waals surface area contributed by atoms with E-state index in [0.29, 0.717) is 24.2 Å². The second kappa shape index (κ2) is 11.7. The summed E-state index contributed by atoms with van der Waals surface area (Å²) in [5, 5.41) is 9.95. The molecule has 218 valence electrons. The number of piperidine rings is 1. The first-order valence-electron chi connectivity index (χ1n) is 12.7. The van der Waals surface area contributed by atoms with Gasteiger partial charge in [-0.15, -0.1) is 0 Å². The van der Waals surface area contributed by atoms with Crippen molar-refractivity contribution in [3.8, 4) is 16.9 Å². The first-order chi connectivity index (χ1) is 18.8. The van der Waals surface area contributed by atoms with E-state index in [2.05, 4.69) is 0 Å². The van der Waals surface area contributed by atoms with Crippen LogP contribution in [-0.2, 0) is 4.79 Å². The number of benzene rings is 2. The summed E-state index contributed by atoms with van der Waals surface area (Å²) in [6.07, 6.45) is -5.77. The third-order valence-electron chi connectivity index (χ3n) is 7.29. The number of halogens is 6. The zero-order valence-electron chi connectivity index (χ0n) is 21.3. The van der Waals surface area contributed by atoms with E-state index < -0.39 is 48.4 Å². The van der Waals surface area contributed by atoms with Gasteiger partial charge in [0.05, 0.1) is 24.8 Å². The molecule has 0 saturated carbocycles. The number of likely N-dealkylation sites (tertiary alicyclic amines) is 2. The Balaban J connectivity index is 1.38. The van der Waals surface area contributed by atoms with Gasteiger partial charge in [-0.1, -0.05) is 24.3 Å². The number of carbonyl (C=O) groups is 2. The quantitative estimate of drug-likeness (QED) is 0.468. The van der Waals surface area contributed by atoms with Gasteiger partial charge in [-0.2, -0.15) is 22.0 Å². The number of aliphatic hydroxyl groups is 1. The molecular formula is C27H29F6N3O4. The van der Waals surface area contributed by atoms with E-state index in [1.807, 2.05) is 0 Å². The molecule has 2 saturated heterocycles. The predicted molar refractivity (Wildman–Crippen MR) is 132 cm³/mol. The van der Waals surface area contributed by atoms with Crippen molar-refractivity contribution in [2.24, 2.45) is 11.7 Å². The van der Waals surface area contributed by atoms with E-state index in [0.717, 1.165) is 15.9 Å². The molecule has 4 rings (SSSR count). The number of rotatable bonds is 8. The smallest absolute Gasteiger partial charge is 0.454 e. The normalized spacial score (nSPS) is 21.0. The lowest BCUT2D eigenvalue weighted by atomic mass is 9.97. The van der Waals surface area contributed by atoms with Gasteiger partial charge in [0.15, 0.2) is 0 Å². The van der Waals surface area contributed by atoms with E-state index in [1.165, 1.54) is 6.07 Å². The highest BCUT2D eigenvalue weighted by Crippen LogP contribution is 2.37. The largest absolute Gasteiger partial charge is 0.493 e. The van der Waals surface area contributed by atoms with Crippen molar-refractivity contribution in [3.63, 3.8) is 0 Å². The predicted octanol–water partition coefficient (Wildman–Crippen LogP) is 3.84. The van der Waals surface area contributed by atoms with Gasteiger partial charge in [0.2, 0.25) is 5.91 Å². The average molecular weight is 574 g/mol. The number of nitrogens with two attached hydrogens (primary N) is 1. The van der Waals surface area contributed by atoms with Crippen molar-refractivity contribution in [1.29, 1.82) is 0 Å². The van der Waals surface area contributed by atoms with Crippen LogP contribution in [0.25, 0.3) is 11.1 Å². The fourth-order valence-corrected chi connectivity index (χ4v) is 5.06. The van der Waals surface area contributed by atoms with Gasteiger partial charge < -0.3 is 20.5 Å². The molecule has 0 aromatic heterocycles. The number of carbonyl (C=O) groups excluding carboxylic acids is 2. The lowest BCUT2D eigenvalue weighted by Crippen LogP contribution is -2.49. The molecular weight excluding hydrogens is 544 g/mol. The van der Waals surface area contributed by atoms with Crippen LogP contribution in [0.4, 0.5) is 26.3 Å². The Labute approximate surface area is 226 Å². The van der Waals surface area contributed by atoms with Gasteiger partial charge >= 0.3 is 12.1 Å². The maximum atomic E-state index is 14.9. The number of alkyl halides is 5. The standard InChI is InChI=1S/C27H29F6N3O4/c28-21-3-1-2-20(23(21)25(39)36-13-18(37)12-22(36)24(34)38)17-4-6-19(7-5-17)40-14-16-8-10-35(11-9-16)15-26(29,30)27(31,32)33/h1-7,16,18,22,37H,8-15H2,(H2,34,38). The molecule has 13 heteroatoms. The molecule has 2 aliphatic rings. The summed E-state index contributed by atoms with van der Waals surface area (Å²) < 4.78 is 84.7. The molecule has 2 fully saturated rings. The topological polar surface area (TPSA) is 96.1 Å². The molecule has 2 unspecified atom stereocenters. The Kier molecular flexibility index (Phi) is 8.64. The van der Waals surface area contributed by atoms with E-state index in [4.69, 9.17) is 10.5 Å². The number of ether oxygens (including phenoxy) is 1. The number of hydrogen-bond donors (Lipinski definition) is 2. The molecule has 0 spiro atoms. The number of nitrogens with zero attached hydrogens (tertiary/aromatic N) is 2. The maximum Gasteiger partial charge on any atom is 0.454 e. The summed E-state index contributed by atoms with van der Waals surface area (Å²) >= 11 is 0. The monoisotopic (exact) mass is 573 g/mol. The van der Waals surface area contributed by atoms with Crippen LogP contribution < -0.4 is 10.5 Å². The van der Waals surface area contributed by atoms with Crippen molar-refractivity contribution in [2.75, 3.05) is 32.8 Å². The first-order valence-corrected chi connectivity index (χ1v) is 12.7. The summed E-state index contributed by atoms with van der Waals surface area (Å²) in [4.78, 5) is 27.2. The third-order valence-corrected chi connectivity index (χ3v) is 7.29. The number of primary amides is 1. The van der Waals surface area contributed by atoms with Crippen LogP contribution in [0.1, 0.15) is 29.6 Å². The molecule has 2 heterocycles. The van der Waals surface area contributed by atoms with Crippen LogP contribution in [0.3, 0.4) is 0 Å². The zero-order valence-corrected chi connectivity index (χ0v) is 21.3. The van der Waals surface area contributed by atoms with Crippen molar-refractivity contribution in [3.05, 3.63) is 53.8 Å². The van der Waals surface area contributed by atoms with E-state index in [9.17, 15) is 41.0 Å². The molecule has 2 amide bonds. The van der Waals surface area contributed by atoms with Crippen LogP contribution in [0.15, 0.2) is 42.5 Å². The number of β-amino-alcohol motifs (C(OH)–C–C–N with tert-alkyl or cyclic N) is 1. The van der Waals surface area contributed by atoms with Crippen molar-refractivity contribution >= 4 is 11.8 Å². The molecule has 2 aliphatic heterocycles. The van der Waals surface area contributed by atoms with Gasteiger partial charge in [0.1, 0.15) is 17.6 Å². The molecule has 0 aliphatic carbocycles. The lowest BCUT2D eigenvalue weighted by molar-refractivity contribution is -0.287. The summed E-state index contributed by atoms with van der Waals surface area (Å²) in [6.45, 7) is -1.09. The SMILES string of the molecule is NC(=O)C1CC(O)CN1C(=O)c1c(F)cccc1-c1ccc(OCC2CCN(CC(F)(F)C(F)(F)F)CC2)cc1. The van der Waals surface area contributed by atoms with E-state index in [-0.39, 0.29) is 49.7 Å². The molecule has 7 nitrogen and oxygen atoms in total. The molecule has 40 heavy (non-hydrogen) atoms. The van der Waals surface area contributed by atoms with E-state index >= 15 is 0 Å². The first kappa shape index (κ1) is 29.7. The van der Waals surface area contributed by atoms with Crippen LogP contribution in [0.2, 0.25) is 0 Å². The maximum absolute atomic E-state index is 14.9. The molecule has 2 atom stereocenters. The second-order valence-electron chi connectivity index (χ2n) is 10.2. The lowest BCUT2D eigenvalue weighted by Gasteiger charge is -2.34. The molecule has 3 N–H and O–H groups in total. The highest BCUT2D eigenvalue weighted by molar-refractivity contribution is 6.03. The molecule has 0 radical (unpaired) electrons. The Bertz CT molecular complexity index is 1220. The van der Waals surface area contributed by atoms with Crippen LogP contribution in [0.5, 0.6) is 5.75 Å². The Hall–Kier alpha value is -3.32. The fraction of sp³-hybridized carbons (Fsp3) is 0.481. The van der Waals surface area contributed by atoms with Crippen LogP contribution >= 0.6 is 0 Å². The zero-order chi connectivity index (χ0) is 29.2. The Morgan fingerprint density at radius 1 is 1.02 bits per heavy atom. The minimum Gasteiger partial charge on any atom is -0.493 e. The second-order valence-corrected chi connectivity index (χ2v) is 10.2. The minimum atomic E-state index is -5.58. The molecule has 2 aromatic carbocycles. The van der Waals surface area contributed by atoms with E-state index in [1.54, 1.807) is 30.3 Å². The highest BCUT2D eigenvalue weighted by atomic mass is 19.4. The van der Waals surface area contributed by atoms with Crippen molar-refractivity contribution < 1.29 is 45.8 Å². The van der Waals surface area contributed by atoms with Gasteiger partial charge in [0, 0.05) is 13.0 Å². The van der Waals surface area contributed by atoms with Crippen LogP contribution in [0, 0.1) is 11.7 Å². The van der Waals surface area contributed by atoms with Crippen molar-refractivity contribution in [1.82, 2.24) is 9.80 Å². The Morgan fingerprint density at radius 3 is 2.27 bits per heavy atom. The highest BCUT2D eigenvalue weighted by Gasteiger charge is 2.58. The summed E-state index contributed by atoms with van der Waals surface area (Å²) in [5.41, 5.74) is 5.87. The minimum absolute atomic E-state index is 0.0307. The molecule has 0 bridgehead atoms. The van der Waals surface area contributed by atoms with Crippen LogP contribution in [-0.4, -0.2) is 83.8 Å². The van der Waals surface area contributed by atoms with Crippen molar-refractivity contribution in [2.45, 2.75) is 43.5 Å². The van der Waals surface area contributed by atoms with Gasteiger partial charge in [-0.25, -0.2) is 4.39 Å². The van der Waals surface area contributed by atoms with Gasteiger partial charge in [-0.3, -0.25) is 14.5 Å². The number of hydrogen-bond acceptors (Lipinski definition) is 5. The third kappa shape index (κ3) is 6.52. The average Bonchev–Trinajstić information content (AvgIpc) is 3.29. The van der Waals surface area contributed by atoms with Gasteiger partial charge in [-0.05, 0) is 61.2 Å².